The van der Waals surface area contributed by atoms with Gasteiger partial charge in [-0.25, -0.2) is 5.43 Å². The molecule has 132 valence electrons. The van der Waals surface area contributed by atoms with Crippen LogP contribution in [-0.2, 0) is 0 Å². The van der Waals surface area contributed by atoms with Gasteiger partial charge in [-0.15, -0.1) is 0 Å². The Morgan fingerprint density at radius 3 is 2.63 bits per heavy atom. The van der Waals surface area contributed by atoms with E-state index >= 15 is 0 Å². The lowest BCUT2D eigenvalue weighted by atomic mass is 10.1. The number of hydrogen-bond donors (Lipinski definition) is 1. The summed E-state index contributed by atoms with van der Waals surface area (Å²) in [5.41, 5.74) is 7.14. The number of carbonyl (C=O) groups is 1. The molecule has 0 fully saturated rings. The normalized spacial score (nSPS) is 11.1. The smallest absolute Gasteiger partial charge is 0.271 e. The highest BCUT2D eigenvalue weighted by molar-refractivity contribution is 9.10. The minimum absolute atomic E-state index is 0.278. The van der Waals surface area contributed by atoms with Gasteiger partial charge < -0.3 is 4.40 Å². The number of hydrogen-bond acceptors (Lipinski definition) is 3. The van der Waals surface area contributed by atoms with Crippen molar-refractivity contribution in [1.29, 1.82) is 0 Å². The molecule has 0 aliphatic heterocycles. The summed E-state index contributed by atoms with van der Waals surface area (Å²) in [5.74, 6) is -0.278. The zero-order chi connectivity index (χ0) is 18.6. The van der Waals surface area contributed by atoms with E-state index in [4.69, 9.17) is 0 Å². The van der Waals surface area contributed by atoms with Crippen molar-refractivity contribution in [1.82, 2.24) is 14.8 Å². The van der Waals surface area contributed by atoms with Crippen molar-refractivity contribution in [3.05, 3.63) is 95.0 Å². The van der Waals surface area contributed by atoms with Crippen molar-refractivity contribution >= 4 is 33.6 Å². The topological polar surface area (TPSA) is 58.8 Å². The van der Waals surface area contributed by atoms with E-state index in [1.54, 1.807) is 30.7 Å². The van der Waals surface area contributed by atoms with Gasteiger partial charge in [-0.1, -0.05) is 34.1 Å². The summed E-state index contributed by atoms with van der Waals surface area (Å²) in [6, 6.07) is 19.5. The maximum absolute atomic E-state index is 12.2. The molecule has 0 bridgehead atoms. The molecule has 5 nitrogen and oxygen atoms in total. The lowest BCUT2D eigenvalue weighted by Crippen LogP contribution is -2.17. The van der Waals surface area contributed by atoms with Gasteiger partial charge >= 0.3 is 0 Å². The average molecular weight is 419 g/mol. The van der Waals surface area contributed by atoms with E-state index in [2.05, 4.69) is 37.5 Å². The molecule has 0 saturated heterocycles. The van der Waals surface area contributed by atoms with Crippen LogP contribution in [-0.4, -0.2) is 21.5 Å². The molecule has 0 spiro atoms. The number of rotatable bonds is 4. The first-order chi connectivity index (χ1) is 13.2. The monoisotopic (exact) mass is 418 g/mol. The Labute approximate surface area is 164 Å². The summed E-state index contributed by atoms with van der Waals surface area (Å²) in [4.78, 5) is 16.1. The molecule has 0 saturated carbocycles. The van der Waals surface area contributed by atoms with Crippen LogP contribution < -0.4 is 5.43 Å². The predicted molar refractivity (Wildman–Crippen MR) is 110 cm³/mol. The first-order valence-electron chi connectivity index (χ1n) is 8.32. The van der Waals surface area contributed by atoms with Gasteiger partial charge in [0.25, 0.3) is 5.91 Å². The van der Waals surface area contributed by atoms with Gasteiger partial charge in [0.05, 0.1) is 11.9 Å². The number of hydrazone groups is 1. The summed E-state index contributed by atoms with van der Waals surface area (Å²) in [7, 11) is 0. The Hall–Kier alpha value is -3.25. The summed E-state index contributed by atoms with van der Waals surface area (Å²) < 4.78 is 3.06. The van der Waals surface area contributed by atoms with E-state index in [1.165, 1.54) is 0 Å². The number of pyridine rings is 2. The molecule has 0 aliphatic rings. The van der Waals surface area contributed by atoms with E-state index in [0.717, 1.165) is 26.8 Å². The number of aromatic nitrogens is 2. The first-order valence-corrected chi connectivity index (χ1v) is 9.11. The quantitative estimate of drug-likeness (QED) is 0.391. The second-order valence-electron chi connectivity index (χ2n) is 5.88. The SMILES string of the molecule is O=C(N/N=C/c1c(-c2ccc(Br)cc2)cc2ccccn12)c1ccncc1. The molecule has 1 aromatic carbocycles. The fraction of sp³-hybridized carbons (Fsp3) is 0. The second-order valence-corrected chi connectivity index (χ2v) is 6.80. The largest absolute Gasteiger partial charge is 0.315 e. The minimum Gasteiger partial charge on any atom is -0.315 e. The fourth-order valence-electron chi connectivity index (χ4n) is 2.86. The number of amides is 1. The molecule has 1 amide bonds. The highest BCUT2D eigenvalue weighted by Crippen LogP contribution is 2.28. The first kappa shape index (κ1) is 17.2. The van der Waals surface area contributed by atoms with Crippen LogP contribution in [0.4, 0.5) is 0 Å². The standard InChI is InChI=1S/C21H15BrN4O/c22-17-6-4-15(5-7-17)19-13-18-3-1-2-12-26(18)20(19)14-24-25-21(27)16-8-10-23-11-9-16/h1-14H,(H,25,27)/b24-14+. The zero-order valence-electron chi connectivity index (χ0n) is 14.2. The Morgan fingerprint density at radius 2 is 1.85 bits per heavy atom. The molecule has 3 aromatic heterocycles. The number of fused-ring (bicyclic) bond motifs is 1. The van der Waals surface area contributed by atoms with Crippen molar-refractivity contribution in [2.75, 3.05) is 0 Å². The van der Waals surface area contributed by atoms with Gasteiger partial charge in [0.1, 0.15) is 0 Å². The van der Waals surface area contributed by atoms with Gasteiger partial charge in [0, 0.05) is 39.7 Å². The summed E-state index contributed by atoms with van der Waals surface area (Å²) in [5, 5.41) is 4.17. The van der Waals surface area contributed by atoms with E-state index in [9.17, 15) is 4.79 Å². The summed E-state index contributed by atoms with van der Waals surface area (Å²) in [6.45, 7) is 0. The number of benzene rings is 1. The summed E-state index contributed by atoms with van der Waals surface area (Å²) in [6.07, 6.45) is 6.79. The maximum Gasteiger partial charge on any atom is 0.271 e. The highest BCUT2D eigenvalue weighted by atomic mass is 79.9. The van der Waals surface area contributed by atoms with Crippen LogP contribution in [0.3, 0.4) is 0 Å². The van der Waals surface area contributed by atoms with Crippen LogP contribution in [0, 0.1) is 0 Å². The fourth-order valence-corrected chi connectivity index (χ4v) is 3.12. The van der Waals surface area contributed by atoms with Crippen molar-refractivity contribution in [3.8, 4) is 11.1 Å². The van der Waals surface area contributed by atoms with Crippen LogP contribution in [0.1, 0.15) is 16.1 Å². The molecule has 6 heteroatoms. The number of halogens is 1. The van der Waals surface area contributed by atoms with Crippen LogP contribution in [0.25, 0.3) is 16.6 Å². The van der Waals surface area contributed by atoms with E-state index in [0.29, 0.717) is 5.56 Å². The Kier molecular flexibility index (Phi) is 4.80. The Bertz CT molecular complexity index is 1120. The average Bonchev–Trinajstić information content (AvgIpc) is 3.08. The highest BCUT2D eigenvalue weighted by Gasteiger charge is 2.11. The summed E-state index contributed by atoms with van der Waals surface area (Å²) >= 11 is 3.47. The molecule has 1 N–H and O–H groups in total. The van der Waals surface area contributed by atoms with Crippen LogP contribution in [0.5, 0.6) is 0 Å². The van der Waals surface area contributed by atoms with Crippen molar-refractivity contribution in [3.63, 3.8) is 0 Å². The molecule has 4 rings (SSSR count). The van der Waals surface area contributed by atoms with Crippen molar-refractivity contribution < 1.29 is 4.79 Å². The maximum atomic E-state index is 12.2. The van der Waals surface area contributed by atoms with Gasteiger partial charge in [-0.05, 0) is 48.0 Å². The van der Waals surface area contributed by atoms with Crippen LogP contribution >= 0.6 is 15.9 Å². The van der Waals surface area contributed by atoms with Crippen molar-refractivity contribution in [2.24, 2.45) is 5.10 Å². The minimum atomic E-state index is -0.278. The third-order valence-electron chi connectivity index (χ3n) is 4.17. The molecule has 3 heterocycles. The number of carbonyl (C=O) groups excluding carboxylic acids is 1. The molecule has 4 aromatic rings. The van der Waals surface area contributed by atoms with Gasteiger partial charge in [-0.3, -0.25) is 9.78 Å². The molecule has 27 heavy (non-hydrogen) atoms. The number of nitrogens with one attached hydrogen (secondary N) is 1. The van der Waals surface area contributed by atoms with Gasteiger partial charge in [0.15, 0.2) is 0 Å². The Balaban J connectivity index is 1.68. The van der Waals surface area contributed by atoms with E-state index < -0.39 is 0 Å². The molecule has 0 aliphatic carbocycles. The lowest BCUT2D eigenvalue weighted by molar-refractivity contribution is 0.0955. The second kappa shape index (κ2) is 7.55. The van der Waals surface area contributed by atoms with Crippen molar-refractivity contribution in [2.45, 2.75) is 0 Å². The molecular formula is C21H15BrN4O. The molecule has 0 radical (unpaired) electrons. The van der Waals surface area contributed by atoms with E-state index in [1.807, 2.05) is 53.1 Å². The van der Waals surface area contributed by atoms with Gasteiger partial charge in [0.2, 0.25) is 0 Å². The van der Waals surface area contributed by atoms with E-state index in [-0.39, 0.29) is 5.91 Å². The predicted octanol–water partition coefficient (Wildman–Crippen LogP) is 4.53. The molecule has 0 atom stereocenters. The molecule has 0 unspecified atom stereocenters. The number of nitrogens with zero attached hydrogens (tertiary/aromatic N) is 3. The molecular weight excluding hydrogens is 404 g/mol. The van der Waals surface area contributed by atoms with Gasteiger partial charge in [-0.2, -0.15) is 5.10 Å². The zero-order valence-corrected chi connectivity index (χ0v) is 15.8. The third kappa shape index (κ3) is 3.66. The van der Waals surface area contributed by atoms with Crippen LogP contribution in [0.15, 0.2) is 88.8 Å². The van der Waals surface area contributed by atoms with Crippen LogP contribution in [0.2, 0.25) is 0 Å². The lowest BCUT2D eigenvalue weighted by Gasteiger charge is -2.03. The third-order valence-corrected chi connectivity index (χ3v) is 4.70. The Morgan fingerprint density at radius 1 is 1.07 bits per heavy atom.